The van der Waals surface area contributed by atoms with Gasteiger partial charge in [0.15, 0.2) is 0 Å². The fourth-order valence-corrected chi connectivity index (χ4v) is 11.1. The van der Waals surface area contributed by atoms with E-state index in [4.69, 9.17) is 11.6 Å². The molecule has 0 radical (unpaired) electrons. The topological polar surface area (TPSA) is 17.1 Å². The van der Waals surface area contributed by atoms with Gasteiger partial charge in [0.1, 0.15) is 0 Å². The first-order chi connectivity index (χ1) is 8.25. The molecule has 0 aliphatic heterocycles. The fraction of sp³-hybridized carbons (Fsp3) is 0. The van der Waals surface area contributed by atoms with Crippen molar-refractivity contribution >= 4 is 28.0 Å². The van der Waals surface area contributed by atoms with Crippen LogP contribution in [0.15, 0.2) is 54.6 Å². The molecule has 0 atom stereocenters. The van der Waals surface area contributed by atoms with E-state index in [-0.39, 0.29) is 5.12 Å². The van der Waals surface area contributed by atoms with Crippen molar-refractivity contribution in [3.8, 4) is 0 Å². The molecule has 17 heavy (non-hydrogen) atoms. The molecule has 1 nitrogen and oxygen atoms in total. The molecule has 82 valence electrons. The zero-order valence-electron chi connectivity index (χ0n) is 9.10. The number of rotatable bonds is 3. The van der Waals surface area contributed by atoms with Crippen molar-refractivity contribution in [3.63, 3.8) is 0 Å². The molecule has 0 saturated heterocycles. The molecule has 0 unspecified atom stereocenters. The molecule has 0 amide bonds. The predicted molar refractivity (Wildman–Crippen MR) is 69.4 cm³/mol. The Bertz CT molecular complexity index is 516. The van der Waals surface area contributed by atoms with Crippen LogP contribution in [0.5, 0.6) is 0 Å². The Morgan fingerprint density at radius 1 is 1.06 bits per heavy atom. The van der Waals surface area contributed by atoms with Gasteiger partial charge in [-0.1, -0.05) is 0 Å². The van der Waals surface area contributed by atoms with Crippen molar-refractivity contribution in [1.29, 1.82) is 0 Å². The van der Waals surface area contributed by atoms with Gasteiger partial charge in [0, 0.05) is 0 Å². The Hall–Kier alpha value is -0.315. The van der Waals surface area contributed by atoms with E-state index in [0.717, 1.165) is 0 Å². The summed E-state index contributed by atoms with van der Waals surface area (Å²) < 4.78 is 1.37. The Labute approximate surface area is 120 Å². The van der Waals surface area contributed by atoms with Crippen LogP contribution in [0.3, 0.4) is 0 Å². The van der Waals surface area contributed by atoms with Crippen molar-refractivity contribution in [2.45, 2.75) is 0 Å². The Balaban J connectivity index is 1.98. The average molecular weight is 449 g/mol. The molecular weight excluding hydrogens is 440 g/mol. The van der Waals surface area contributed by atoms with Crippen molar-refractivity contribution in [2.75, 3.05) is 0 Å². The van der Waals surface area contributed by atoms with E-state index in [9.17, 15) is 4.79 Å². The normalized spacial score (nSPS) is 9.71. The van der Waals surface area contributed by atoms with Crippen molar-refractivity contribution in [2.24, 2.45) is 0 Å². The number of carbonyl (C=O) groups excluding carboxylic acids is 1. The van der Waals surface area contributed by atoms with E-state index in [2.05, 4.69) is 12.1 Å². The minimum absolute atomic E-state index is 0.151. The number of hydrogen-bond acceptors (Lipinski definition) is 2. The molecule has 0 N–H and O–H groups in total. The van der Waals surface area contributed by atoms with Crippen molar-refractivity contribution in [1.82, 2.24) is 0 Å². The second kappa shape index (κ2) is 6.57. The number of benzene rings is 2. The van der Waals surface area contributed by atoms with Gasteiger partial charge in [-0.05, 0) is 0 Å². The SMILES string of the molecule is O=C([S][Hg][c]1ccccc1)c1cccc(Cl)c1. The second-order valence-corrected chi connectivity index (χ2v) is 14.9. The number of halogens is 1. The van der Waals surface area contributed by atoms with Crippen LogP contribution >= 0.6 is 19.8 Å². The number of hydrogen-bond donors (Lipinski definition) is 0. The Kier molecular flexibility index (Phi) is 5.07. The maximum absolute atomic E-state index is 11.9. The van der Waals surface area contributed by atoms with E-state index >= 15 is 0 Å². The third-order valence-corrected chi connectivity index (χ3v) is 13.9. The van der Waals surface area contributed by atoms with E-state index in [1.54, 1.807) is 12.1 Å². The summed E-state index contributed by atoms with van der Waals surface area (Å²) in [4.78, 5) is 11.9. The maximum atomic E-state index is 11.9. The zero-order chi connectivity index (χ0) is 12.1. The van der Waals surface area contributed by atoms with Gasteiger partial charge < -0.3 is 0 Å². The molecule has 0 aromatic heterocycles. The molecule has 2 rings (SSSR count). The summed E-state index contributed by atoms with van der Waals surface area (Å²) in [6.07, 6.45) is 0. The van der Waals surface area contributed by atoms with E-state index in [1.165, 1.54) is 11.3 Å². The van der Waals surface area contributed by atoms with Crippen molar-refractivity contribution in [3.05, 3.63) is 65.2 Å². The van der Waals surface area contributed by atoms with Crippen molar-refractivity contribution < 1.29 is 27.9 Å². The molecule has 0 bridgehead atoms. The molecular formula is C13H9ClHgOS. The summed E-state index contributed by atoms with van der Waals surface area (Å²) in [5, 5.41) is 0.769. The van der Waals surface area contributed by atoms with Gasteiger partial charge in [-0.25, -0.2) is 0 Å². The Morgan fingerprint density at radius 2 is 1.82 bits per heavy atom. The van der Waals surface area contributed by atoms with Crippen LogP contribution in [0.1, 0.15) is 10.4 Å². The van der Waals surface area contributed by atoms with Gasteiger partial charge in [0.05, 0.1) is 0 Å². The number of carbonyl (C=O) groups is 1. The first-order valence-corrected chi connectivity index (χ1v) is 16.1. The van der Waals surface area contributed by atoms with Crippen LogP contribution in [-0.4, -0.2) is 5.12 Å². The predicted octanol–water partition coefficient (Wildman–Crippen LogP) is 3.54. The van der Waals surface area contributed by atoms with Gasteiger partial charge in [-0.2, -0.15) is 0 Å². The third kappa shape index (κ3) is 4.13. The quantitative estimate of drug-likeness (QED) is 0.668. The van der Waals surface area contributed by atoms with Crippen LogP contribution in [0.2, 0.25) is 5.02 Å². The molecule has 4 heteroatoms. The zero-order valence-corrected chi connectivity index (χ0v) is 16.2. The van der Waals surface area contributed by atoms with Gasteiger partial charge in [-0.15, -0.1) is 0 Å². The fourth-order valence-electron chi connectivity index (χ4n) is 1.42. The second-order valence-electron chi connectivity index (χ2n) is 3.57. The Morgan fingerprint density at radius 3 is 2.53 bits per heavy atom. The van der Waals surface area contributed by atoms with Gasteiger partial charge in [0.25, 0.3) is 0 Å². The van der Waals surface area contributed by atoms with Crippen LogP contribution in [0.25, 0.3) is 0 Å². The van der Waals surface area contributed by atoms with Crippen LogP contribution in [0.4, 0.5) is 0 Å². The average Bonchev–Trinajstić information content (AvgIpc) is 2.37. The van der Waals surface area contributed by atoms with Gasteiger partial charge in [0.2, 0.25) is 0 Å². The van der Waals surface area contributed by atoms with Crippen LogP contribution in [0, 0.1) is 0 Å². The third-order valence-electron chi connectivity index (χ3n) is 2.27. The first kappa shape index (κ1) is 13.1. The van der Waals surface area contributed by atoms with Crippen LogP contribution in [-0.2, 0) is 23.1 Å². The monoisotopic (exact) mass is 450 g/mol. The molecule has 0 fully saturated rings. The van der Waals surface area contributed by atoms with E-state index in [1.807, 2.05) is 30.3 Å². The van der Waals surface area contributed by atoms with Gasteiger partial charge in [-0.3, -0.25) is 0 Å². The molecule has 0 aliphatic rings. The molecule has 2 aromatic carbocycles. The first-order valence-electron chi connectivity index (χ1n) is 5.22. The van der Waals surface area contributed by atoms with E-state index in [0.29, 0.717) is 10.6 Å². The van der Waals surface area contributed by atoms with Gasteiger partial charge >= 0.3 is 121 Å². The molecule has 0 heterocycles. The summed E-state index contributed by atoms with van der Waals surface area (Å²) in [7, 11) is 1.52. The summed E-state index contributed by atoms with van der Waals surface area (Å²) >= 11 is 4.51. The molecule has 0 spiro atoms. The summed E-state index contributed by atoms with van der Waals surface area (Å²) in [6, 6.07) is 17.4. The standard InChI is InChI=1S/C7H5ClOS.C6H5.Hg/c8-6-3-1-2-5(4-6)7(9)10;1-2-4-6-5-3-1;/h1-4H,(H,9,10);1-5H;/q;;+1/p-1. The van der Waals surface area contributed by atoms with Crippen LogP contribution < -0.4 is 3.07 Å². The minimum atomic E-state index is -1.36. The molecule has 0 saturated carbocycles. The molecule has 0 aliphatic carbocycles. The summed E-state index contributed by atoms with van der Waals surface area (Å²) in [5.41, 5.74) is 0.707. The van der Waals surface area contributed by atoms with E-state index < -0.39 is 23.1 Å². The summed E-state index contributed by atoms with van der Waals surface area (Å²) in [6.45, 7) is 0. The molecule has 2 aromatic rings. The summed E-state index contributed by atoms with van der Waals surface area (Å²) in [5.74, 6) is 0.